The molecule has 1 aromatic rings. The normalized spacial score (nSPS) is 15.7. The summed E-state index contributed by atoms with van der Waals surface area (Å²) in [6.45, 7) is 11.4. The summed E-state index contributed by atoms with van der Waals surface area (Å²) >= 11 is 0. The Hall–Kier alpha value is -1.06. The third-order valence-corrected chi connectivity index (χ3v) is 4.72. The molecule has 7 heteroatoms. The van der Waals surface area contributed by atoms with Crippen molar-refractivity contribution in [3.8, 4) is 5.75 Å². The molecule has 1 fully saturated rings. The van der Waals surface area contributed by atoms with Gasteiger partial charge in [-0.2, -0.15) is 0 Å². The molecule has 160 valence electrons. The number of nitrogens with one attached hydrogen (secondary N) is 2. The predicted octanol–water partition coefficient (Wildman–Crippen LogP) is 2.66. The average molecular weight is 503 g/mol. The molecule has 2 N–H and O–H groups in total. The molecule has 2 rings (SSSR count). The van der Waals surface area contributed by atoms with Gasteiger partial charge in [-0.05, 0) is 45.5 Å². The number of benzene rings is 1. The van der Waals surface area contributed by atoms with Crippen LogP contribution in [0.5, 0.6) is 5.75 Å². The smallest absolute Gasteiger partial charge is 0.191 e. The first-order valence-electron chi connectivity index (χ1n) is 10.4. The number of nitrogens with zero attached hydrogens (tertiary/aromatic N) is 3. The number of unbranched alkanes of at least 4 members (excludes halogenated alkanes) is 1. The number of hydrogen-bond donors (Lipinski definition) is 2. The molecule has 0 radical (unpaired) electrons. The zero-order chi connectivity index (χ0) is 19.2. The Morgan fingerprint density at radius 1 is 1.04 bits per heavy atom. The van der Waals surface area contributed by atoms with E-state index in [1.807, 2.05) is 30.3 Å². The van der Waals surface area contributed by atoms with Crippen LogP contribution in [0.3, 0.4) is 0 Å². The summed E-state index contributed by atoms with van der Waals surface area (Å²) in [4.78, 5) is 9.62. The van der Waals surface area contributed by atoms with Crippen LogP contribution in [0.15, 0.2) is 35.3 Å². The number of guanidine groups is 1. The second kappa shape index (κ2) is 15.8. The van der Waals surface area contributed by atoms with E-state index in [2.05, 4.69) is 39.4 Å². The van der Waals surface area contributed by atoms with Gasteiger partial charge in [-0.3, -0.25) is 4.99 Å². The standard InChI is InChI=1S/C21H37N5O.HI/c1-3-22-21(24-13-9-19-27-20-10-5-4-6-11-20)23-12-7-8-14-26-17-15-25(2)16-18-26;/h4-6,10-11H,3,7-9,12-19H2,1-2H3,(H2,22,23,24);1H. The van der Waals surface area contributed by atoms with Crippen molar-refractivity contribution in [2.45, 2.75) is 26.2 Å². The van der Waals surface area contributed by atoms with Crippen LogP contribution < -0.4 is 15.4 Å². The Kier molecular flexibility index (Phi) is 14.1. The fraction of sp³-hybridized carbons (Fsp3) is 0.667. The van der Waals surface area contributed by atoms with E-state index in [9.17, 15) is 0 Å². The minimum Gasteiger partial charge on any atom is -0.494 e. The molecule has 1 aromatic carbocycles. The molecule has 28 heavy (non-hydrogen) atoms. The van der Waals surface area contributed by atoms with E-state index in [0.717, 1.165) is 37.8 Å². The highest BCUT2D eigenvalue weighted by Gasteiger charge is 2.12. The topological polar surface area (TPSA) is 52.1 Å². The van der Waals surface area contributed by atoms with Crippen molar-refractivity contribution in [3.05, 3.63) is 30.3 Å². The number of rotatable bonds is 11. The Bertz CT molecular complexity index is 521. The molecule has 0 aromatic heterocycles. The fourth-order valence-electron chi connectivity index (χ4n) is 3.04. The molecule has 0 spiro atoms. The molecule has 1 aliphatic rings. The lowest BCUT2D eigenvalue weighted by atomic mass is 10.2. The first-order chi connectivity index (χ1) is 13.3. The van der Waals surface area contributed by atoms with Crippen molar-refractivity contribution >= 4 is 29.9 Å². The van der Waals surface area contributed by atoms with Crippen molar-refractivity contribution in [1.82, 2.24) is 20.4 Å². The number of ether oxygens (including phenoxy) is 1. The summed E-state index contributed by atoms with van der Waals surface area (Å²) in [5, 5.41) is 6.76. The van der Waals surface area contributed by atoms with Crippen molar-refractivity contribution < 1.29 is 4.74 Å². The Balaban J connectivity index is 0.00000392. The maximum Gasteiger partial charge on any atom is 0.191 e. The Morgan fingerprint density at radius 2 is 1.79 bits per heavy atom. The SMILES string of the molecule is CCNC(=NCCCOc1ccccc1)NCCCCN1CCN(C)CC1.I. The summed E-state index contributed by atoms with van der Waals surface area (Å²) in [7, 11) is 2.21. The quantitative estimate of drug-likeness (QED) is 0.211. The number of halogens is 1. The molecule has 6 nitrogen and oxygen atoms in total. The van der Waals surface area contributed by atoms with Crippen LogP contribution in [0.2, 0.25) is 0 Å². The van der Waals surface area contributed by atoms with Crippen molar-refractivity contribution in [1.29, 1.82) is 0 Å². The second-order valence-electron chi connectivity index (χ2n) is 7.05. The van der Waals surface area contributed by atoms with Crippen LogP contribution in [0.1, 0.15) is 26.2 Å². The molecular formula is C21H38IN5O. The van der Waals surface area contributed by atoms with Crippen LogP contribution in [-0.4, -0.2) is 81.8 Å². The molecule has 1 saturated heterocycles. The molecule has 0 saturated carbocycles. The lowest BCUT2D eigenvalue weighted by molar-refractivity contribution is 0.152. The summed E-state index contributed by atoms with van der Waals surface area (Å²) in [5.74, 6) is 1.84. The van der Waals surface area contributed by atoms with Crippen molar-refractivity contribution in [2.75, 3.05) is 66.0 Å². The van der Waals surface area contributed by atoms with E-state index in [1.54, 1.807) is 0 Å². The van der Waals surface area contributed by atoms with Crippen LogP contribution in [0.25, 0.3) is 0 Å². The van der Waals surface area contributed by atoms with Crippen LogP contribution in [-0.2, 0) is 0 Å². The minimum atomic E-state index is 0. The molecule has 1 heterocycles. The largest absolute Gasteiger partial charge is 0.494 e. The molecule has 0 bridgehead atoms. The first-order valence-corrected chi connectivity index (χ1v) is 10.4. The van der Waals surface area contributed by atoms with Gasteiger partial charge in [-0.1, -0.05) is 18.2 Å². The van der Waals surface area contributed by atoms with E-state index in [-0.39, 0.29) is 24.0 Å². The predicted molar refractivity (Wildman–Crippen MR) is 129 cm³/mol. The number of likely N-dealkylation sites (N-methyl/N-ethyl adjacent to an activating group) is 1. The fourth-order valence-corrected chi connectivity index (χ4v) is 3.04. The van der Waals surface area contributed by atoms with Gasteiger partial charge in [0.25, 0.3) is 0 Å². The Labute approximate surface area is 188 Å². The minimum absolute atomic E-state index is 0. The zero-order valence-electron chi connectivity index (χ0n) is 17.5. The van der Waals surface area contributed by atoms with Gasteiger partial charge in [0.05, 0.1) is 6.61 Å². The Morgan fingerprint density at radius 3 is 2.50 bits per heavy atom. The highest BCUT2D eigenvalue weighted by atomic mass is 127. The number of hydrogen-bond acceptors (Lipinski definition) is 4. The van der Waals surface area contributed by atoms with Gasteiger partial charge in [0.1, 0.15) is 5.75 Å². The van der Waals surface area contributed by atoms with Crippen molar-refractivity contribution in [2.24, 2.45) is 4.99 Å². The molecule has 1 aliphatic heterocycles. The molecule has 0 unspecified atom stereocenters. The van der Waals surface area contributed by atoms with E-state index in [1.165, 1.54) is 45.6 Å². The van der Waals surface area contributed by atoms with E-state index in [4.69, 9.17) is 4.74 Å². The highest BCUT2D eigenvalue weighted by molar-refractivity contribution is 14.0. The van der Waals surface area contributed by atoms with Crippen LogP contribution in [0.4, 0.5) is 0 Å². The number of aliphatic imine (C=N–C) groups is 1. The average Bonchev–Trinajstić information content (AvgIpc) is 2.69. The number of para-hydroxylation sites is 1. The summed E-state index contributed by atoms with van der Waals surface area (Å²) in [6.07, 6.45) is 3.32. The van der Waals surface area contributed by atoms with Gasteiger partial charge in [0, 0.05) is 52.2 Å². The second-order valence-corrected chi connectivity index (χ2v) is 7.05. The molecule has 0 aliphatic carbocycles. The van der Waals surface area contributed by atoms with Gasteiger partial charge in [0.15, 0.2) is 5.96 Å². The zero-order valence-corrected chi connectivity index (χ0v) is 19.9. The van der Waals surface area contributed by atoms with Crippen LogP contribution >= 0.6 is 24.0 Å². The lowest BCUT2D eigenvalue weighted by Gasteiger charge is -2.32. The van der Waals surface area contributed by atoms with E-state index >= 15 is 0 Å². The van der Waals surface area contributed by atoms with Gasteiger partial charge >= 0.3 is 0 Å². The summed E-state index contributed by atoms with van der Waals surface area (Å²) < 4.78 is 5.71. The van der Waals surface area contributed by atoms with Gasteiger partial charge in [-0.25, -0.2) is 0 Å². The lowest BCUT2D eigenvalue weighted by Crippen LogP contribution is -2.44. The third-order valence-electron chi connectivity index (χ3n) is 4.72. The van der Waals surface area contributed by atoms with E-state index in [0.29, 0.717) is 6.61 Å². The maximum absolute atomic E-state index is 5.71. The van der Waals surface area contributed by atoms with E-state index < -0.39 is 0 Å². The summed E-state index contributed by atoms with van der Waals surface area (Å²) in [6, 6.07) is 9.94. The highest BCUT2D eigenvalue weighted by Crippen LogP contribution is 2.08. The van der Waals surface area contributed by atoms with Gasteiger partial charge in [-0.15, -0.1) is 24.0 Å². The number of piperazine rings is 1. The maximum atomic E-state index is 5.71. The summed E-state index contributed by atoms with van der Waals surface area (Å²) in [5.41, 5.74) is 0. The molecule has 0 amide bonds. The first kappa shape index (κ1) is 25.0. The van der Waals surface area contributed by atoms with Crippen molar-refractivity contribution in [3.63, 3.8) is 0 Å². The molecule has 0 atom stereocenters. The van der Waals surface area contributed by atoms with Crippen LogP contribution in [0, 0.1) is 0 Å². The van der Waals surface area contributed by atoms with Gasteiger partial charge < -0.3 is 25.2 Å². The monoisotopic (exact) mass is 503 g/mol. The third kappa shape index (κ3) is 11.1. The van der Waals surface area contributed by atoms with Gasteiger partial charge in [0.2, 0.25) is 0 Å². The molecular weight excluding hydrogens is 465 g/mol.